The number of halogens is 1. The molecule has 2 rings (SSSR count). The first-order chi connectivity index (χ1) is 8.64. The topological polar surface area (TPSA) is 12.0 Å². The van der Waals surface area contributed by atoms with E-state index >= 15 is 0 Å². The summed E-state index contributed by atoms with van der Waals surface area (Å²) in [4.78, 5) is 1.50. The largest absolute Gasteiger partial charge is 0.313 e. The molecule has 1 aromatic rings. The van der Waals surface area contributed by atoms with Crippen molar-refractivity contribution in [2.24, 2.45) is 5.41 Å². The highest BCUT2D eigenvalue weighted by Gasteiger charge is 2.36. The van der Waals surface area contributed by atoms with Crippen LogP contribution in [0.15, 0.2) is 15.9 Å². The van der Waals surface area contributed by atoms with Crippen molar-refractivity contribution in [3.8, 4) is 0 Å². The van der Waals surface area contributed by atoms with Crippen molar-refractivity contribution in [2.75, 3.05) is 6.54 Å². The molecule has 1 aromatic heterocycles. The summed E-state index contributed by atoms with van der Waals surface area (Å²) in [6.45, 7) is 5.88. The van der Waals surface area contributed by atoms with Crippen LogP contribution in [0.4, 0.5) is 0 Å². The molecule has 0 saturated heterocycles. The highest BCUT2D eigenvalue weighted by molar-refractivity contribution is 9.11. The van der Waals surface area contributed by atoms with Crippen molar-refractivity contribution < 1.29 is 0 Å². The molecule has 3 heteroatoms. The number of hydrogen-bond donors (Lipinski definition) is 1. The summed E-state index contributed by atoms with van der Waals surface area (Å²) in [6.07, 6.45) is 8.01. The Morgan fingerprint density at radius 3 is 2.67 bits per heavy atom. The van der Waals surface area contributed by atoms with Crippen molar-refractivity contribution in [2.45, 2.75) is 58.4 Å². The zero-order chi connectivity index (χ0) is 13.0. The lowest BCUT2D eigenvalue weighted by Crippen LogP contribution is -2.44. The van der Waals surface area contributed by atoms with E-state index in [-0.39, 0.29) is 0 Å². The molecule has 1 aliphatic carbocycles. The third-order valence-corrected chi connectivity index (χ3v) is 5.91. The lowest BCUT2D eigenvalue weighted by Gasteiger charge is -2.35. The molecule has 0 spiro atoms. The third kappa shape index (κ3) is 3.58. The van der Waals surface area contributed by atoms with Gasteiger partial charge in [-0.05, 0) is 65.7 Å². The highest BCUT2D eigenvalue weighted by atomic mass is 79.9. The fourth-order valence-corrected chi connectivity index (χ4v) is 4.61. The van der Waals surface area contributed by atoms with Gasteiger partial charge >= 0.3 is 0 Å². The summed E-state index contributed by atoms with van der Waals surface area (Å²) in [7, 11) is 0. The molecular weight excluding hydrogens is 306 g/mol. The molecule has 1 fully saturated rings. The average Bonchev–Trinajstić information content (AvgIpc) is 2.94. The van der Waals surface area contributed by atoms with Gasteiger partial charge in [0.25, 0.3) is 0 Å². The van der Waals surface area contributed by atoms with Crippen LogP contribution in [0.1, 0.15) is 50.8 Å². The van der Waals surface area contributed by atoms with Gasteiger partial charge in [0.05, 0.1) is 3.79 Å². The van der Waals surface area contributed by atoms with E-state index in [4.69, 9.17) is 0 Å². The maximum absolute atomic E-state index is 3.80. The predicted molar refractivity (Wildman–Crippen MR) is 84.4 cm³/mol. The normalized spacial score (nSPS) is 20.2. The van der Waals surface area contributed by atoms with Gasteiger partial charge in [-0.2, -0.15) is 0 Å². The van der Waals surface area contributed by atoms with Crippen LogP contribution in [0.25, 0.3) is 0 Å². The second kappa shape index (κ2) is 6.53. The van der Waals surface area contributed by atoms with Gasteiger partial charge in [0.1, 0.15) is 0 Å². The predicted octanol–water partition coefficient (Wildman–Crippen LogP) is 5.00. The molecule has 1 saturated carbocycles. The summed E-state index contributed by atoms with van der Waals surface area (Å²) >= 11 is 5.45. The summed E-state index contributed by atoms with van der Waals surface area (Å²) in [5, 5.41) is 3.80. The van der Waals surface area contributed by atoms with Crippen LogP contribution < -0.4 is 5.32 Å². The first kappa shape index (κ1) is 14.5. The van der Waals surface area contributed by atoms with E-state index in [1.165, 1.54) is 47.2 Å². The minimum Gasteiger partial charge on any atom is -0.313 e. The van der Waals surface area contributed by atoms with Gasteiger partial charge in [-0.15, -0.1) is 11.3 Å². The summed E-state index contributed by atoms with van der Waals surface area (Å²) in [6, 6.07) is 5.09. The molecule has 1 aliphatic rings. The fraction of sp³-hybridized carbons (Fsp3) is 0.733. The van der Waals surface area contributed by atoms with Gasteiger partial charge in [0.15, 0.2) is 0 Å². The maximum Gasteiger partial charge on any atom is 0.0701 e. The second-order valence-electron chi connectivity index (χ2n) is 5.78. The summed E-state index contributed by atoms with van der Waals surface area (Å²) in [5.41, 5.74) is 0.506. The van der Waals surface area contributed by atoms with E-state index in [1.807, 2.05) is 11.3 Å². The number of rotatable bonds is 6. The van der Waals surface area contributed by atoms with Gasteiger partial charge in [0, 0.05) is 10.9 Å². The van der Waals surface area contributed by atoms with Crippen molar-refractivity contribution in [1.29, 1.82) is 0 Å². The maximum atomic E-state index is 3.80. The van der Waals surface area contributed by atoms with Gasteiger partial charge in [-0.3, -0.25) is 0 Å². The Kier molecular flexibility index (Phi) is 5.28. The zero-order valence-corrected chi connectivity index (χ0v) is 13.9. The summed E-state index contributed by atoms with van der Waals surface area (Å²) in [5.74, 6) is 0. The van der Waals surface area contributed by atoms with Crippen LogP contribution in [0.5, 0.6) is 0 Å². The Balaban J connectivity index is 2.04. The Labute approximate surface area is 123 Å². The van der Waals surface area contributed by atoms with E-state index in [9.17, 15) is 0 Å². The van der Waals surface area contributed by atoms with E-state index in [0.29, 0.717) is 11.5 Å². The van der Waals surface area contributed by atoms with Crippen molar-refractivity contribution in [1.82, 2.24) is 5.32 Å². The molecule has 0 amide bonds. The Morgan fingerprint density at radius 1 is 1.39 bits per heavy atom. The standard InChI is InChI=1S/C15H24BrNS/c1-3-10-17-13(15(2)8-4-5-9-15)11-12-6-7-14(16)18-12/h6-7,13,17H,3-5,8-11H2,1-2H3. The average molecular weight is 330 g/mol. The molecule has 0 aliphatic heterocycles. The number of thiophene rings is 1. The van der Waals surface area contributed by atoms with Crippen LogP contribution in [0, 0.1) is 5.41 Å². The first-order valence-electron chi connectivity index (χ1n) is 7.11. The van der Waals surface area contributed by atoms with Crippen LogP contribution >= 0.6 is 27.3 Å². The van der Waals surface area contributed by atoms with Crippen LogP contribution in [0.3, 0.4) is 0 Å². The minimum absolute atomic E-state index is 0.506. The lowest BCUT2D eigenvalue weighted by molar-refractivity contribution is 0.220. The zero-order valence-electron chi connectivity index (χ0n) is 11.5. The number of hydrogen-bond acceptors (Lipinski definition) is 2. The smallest absolute Gasteiger partial charge is 0.0701 e. The molecule has 1 nitrogen and oxygen atoms in total. The Hall–Kier alpha value is 0.140. The van der Waals surface area contributed by atoms with E-state index in [2.05, 4.69) is 47.2 Å². The molecule has 102 valence electrons. The fourth-order valence-electron chi connectivity index (χ4n) is 3.08. The van der Waals surface area contributed by atoms with Crippen LogP contribution in [-0.4, -0.2) is 12.6 Å². The van der Waals surface area contributed by atoms with Crippen molar-refractivity contribution >= 4 is 27.3 Å². The van der Waals surface area contributed by atoms with Crippen LogP contribution in [0.2, 0.25) is 0 Å². The minimum atomic E-state index is 0.506. The lowest BCUT2D eigenvalue weighted by atomic mass is 9.78. The van der Waals surface area contributed by atoms with Gasteiger partial charge < -0.3 is 5.32 Å². The van der Waals surface area contributed by atoms with Crippen molar-refractivity contribution in [3.63, 3.8) is 0 Å². The second-order valence-corrected chi connectivity index (χ2v) is 8.33. The van der Waals surface area contributed by atoms with Gasteiger partial charge in [-0.1, -0.05) is 26.7 Å². The SMILES string of the molecule is CCCNC(Cc1ccc(Br)s1)C1(C)CCCC1. The summed E-state index contributed by atoms with van der Waals surface area (Å²) < 4.78 is 1.25. The molecule has 18 heavy (non-hydrogen) atoms. The quantitative estimate of drug-likeness (QED) is 0.774. The molecule has 1 heterocycles. The number of nitrogens with one attached hydrogen (secondary N) is 1. The molecule has 0 aromatic carbocycles. The van der Waals surface area contributed by atoms with Crippen molar-refractivity contribution in [3.05, 3.63) is 20.8 Å². The van der Waals surface area contributed by atoms with E-state index in [0.717, 1.165) is 6.54 Å². The Bertz CT molecular complexity index is 368. The third-order valence-electron chi connectivity index (χ3n) is 4.26. The first-order valence-corrected chi connectivity index (χ1v) is 8.72. The molecule has 0 bridgehead atoms. The highest BCUT2D eigenvalue weighted by Crippen LogP contribution is 2.42. The molecule has 1 atom stereocenters. The van der Waals surface area contributed by atoms with Crippen LogP contribution in [-0.2, 0) is 6.42 Å². The molecular formula is C15H24BrNS. The van der Waals surface area contributed by atoms with E-state index < -0.39 is 0 Å². The Morgan fingerprint density at radius 2 is 2.11 bits per heavy atom. The van der Waals surface area contributed by atoms with Gasteiger partial charge in [0.2, 0.25) is 0 Å². The monoisotopic (exact) mass is 329 g/mol. The van der Waals surface area contributed by atoms with E-state index in [1.54, 1.807) is 0 Å². The molecule has 0 radical (unpaired) electrons. The molecule has 1 N–H and O–H groups in total. The molecule has 1 unspecified atom stereocenters. The van der Waals surface area contributed by atoms with Gasteiger partial charge in [-0.25, -0.2) is 0 Å².